The maximum Gasteiger partial charge on any atom is 0.573 e. The second-order valence-corrected chi connectivity index (χ2v) is 5.65. The van der Waals surface area contributed by atoms with Gasteiger partial charge >= 0.3 is 12.0 Å². The minimum atomic E-state index is -5.23. The van der Waals surface area contributed by atoms with E-state index >= 15 is 0 Å². The third-order valence-electron chi connectivity index (χ3n) is 1.77. The highest BCUT2D eigenvalue weighted by Crippen LogP contribution is 2.35. The molecule has 7 nitrogen and oxygen atoms in total. The normalized spacial score (nSPS) is 12.3. The van der Waals surface area contributed by atoms with Crippen LogP contribution in [0.25, 0.3) is 0 Å². The molecule has 0 aliphatic heterocycles. The lowest BCUT2D eigenvalue weighted by atomic mass is 10.3. The summed E-state index contributed by atoms with van der Waals surface area (Å²) in [5.41, 5.74) is -1.67. The van der Waals surface area contributed by atoms with Crippen LogP contribution in [0.1, 0.15) is 5.69 Å². The fourth-order valence-corrected chi connectivity index (χ4v) is 1.89. The van der Waals surface area contributed by atoms with Gasteiger partial charge in [0.25, 0.3) is 9.05 Å². The maximum atomic E-state index is 12.1. The van der Waals surface area contributed by atoms with E-state index in [9.17, 15) is 31.7 Å². The predicted molar refractivity (Wildman–Crippen MR) is 55.4 cm³/mol. The Hall–Kier alpha value is -1.62. The van der Waals surface area contributed by atoms with Gasteiger partial charge < -0.3 is 4.74 Å². The van der Waals surface area contributed by atoms with Crippen LogP contribution < -0.4 is 4.74 Å². The molecule has 0 atom stereocenters. The highest BCUT2D eigenvalue weighted by Gasteiger charge is 2.36. The van der Waals surface area contributed by atoms with Crippen LogP contribution in [0.4, 0.5) is 18.9 Å². The quantitative estimate of drug-likeness (QED) is 0.480. The SMILES string of the molecule is Cc1nc(S(=O)(=O)Cl)cc(OC(F)(F)F)c1[N+](=O)[O-]. The summed E-state index contributed by atoms with van der Waals surface area (Å²) in [5, 5.41) is 9.65. The number of aromatic nitrogens is 1. The fourth-order valence-electron chi connectivity index (χ4n) is 1.16. The molecule has 0 radical (unpaired) electrons. The van der Waals surface area contributed by atoms with Crippen molar-refractivity contribution in [3.8, 4) is 5.75 Å². The summed E-state index contributed by atoms with van der Waals surface area (Å²) in [5.74, 6) is -1.30. The Morgan fingerprint density at radius 2 is 2.00 bits per heavy atom. The van der Waals surface area contributed by atoms with Crippen LogP contribution in [0.2, 0.25) is 0 Å². The molecule has 1 heterocycles. The van der Waals surface area contributed by atoms with Crippen LogP contribution >= 0.6 is 10.7 Å². The van der Waals surface area contributed by atoms with Crippen LogP contribution in [0.15, 0.2) is 11.1 Å². The van der Waals surface area contributed by atoms with Crippen molar-refractivity contribution in [3.63, 3.8) is 0 Å². The number of hydrogen-bond donors (Lipinski definition) is 0. The van der Waals surface area contributed by atoms with E-state index < -0.39 is 42.5 Å². The van der Waals surface area contributed by atoms with Crippen LogP contribution in [0.5, 0.6) is 5.75 Å². The number of nitro groups is 1. The first kappa shape index (κ1) is 15.4. The smallest absolute Gasteiger partial charge is 0.398 e. The number of ether oxygens (including phenoxy) is 1. The highest BCUT2D eigenvalue weighted by molar-refractivity contribution is 8.13. The van der Waals surface area contributed by atoms with Crippen molar-refractivity contribution in [1.82, 2.24) is 4.98 Å². The van der Waals surface area contributed by atoms with E-state index in [1.165, 1.54) is 0 Å². The number of hydrogen-bond acceptors (Lipinski definition) is 6. The van der Waals surface area contributed by atoms with Crippen LogP contribution in [-0.4, -0.2) is 24.7 Å². The summed E-state index contributed by atoms with van der Waals surface area (Å²) >= 11 is 0. The van der Waals surface area contributed by atoms with Crippen LogP contribution in [0.3, 0.4) is 0 Å². The van der Waals surface area contributed by atoms with Crippen molar-refractivity contribution < 1.29 is 31.2 Å². The molecule has 0 saturated carbocycles. The second-order valence-electron chi connectivity index (χ2n) is 3.14. The molecule has 1 aromatic rings. The fraction of sp³-hybridized carbons (Fsp3) is 0.286. The van der Waals surface area contributed by atoms with E-state index in [4.69, 9.17) is 10.7 Å². The number of alkyl halides is 3. The van der Waals surface area contributed by atoms with Gasteiger partial charge in [-0.15, -0.1) is 13.2 Å². The zero-order valence-electron chi connectivity index (χ0n) is 8.93. The number of aryl methyl sites for hydroxylation is 1. The molecule has 0 bridgehead atoms. The number of nitrogens with zero attached hydrogens (tertiary/aromatic N) is 2. The predicted octanol–water partition coefficient (Wildman–Crippen LogP) is 2.12. The molecule has 0 aliphatic rings. The van der Waals surface area contributed by atoms with E-state index in [2.05, 4.69) is 9.72 Å². The Bertz CT molecular complexity index is 630. The molecule has 0 aliphatic carbocycles. The molecular formula is C7H4ClF3N2O5S. The molecule has 0 saturated heterocycles. The summed E-state index contributed by atoms with van der Waals surface area (Å²) in [6, 6.07) is 0.237. The van der Waals surface area contributed by atoms with Crippen LogP contribution in [-0.2, 0) is 9.05 Å². The highest BCUT2D eigenvalue weighted by atomic mass is 35.7. The zero-order chi connectivity index (χ0) is 15.0. The first-order valence-electron chi connectivity index (χ1n) is 4.28. The molecular weight excluding hydrogens is 317 g/mol. The topological polar surface area (TPSA) is 99.4 Å². The lowest BCUT2D eigenvalue weighted by molar-refractivity contribution is -0.389. The third kappa shape index (κ3) is 3.92. The summed E-state index contributed by atoms with van der Waals surface area (Å²) in [6.07, 6.45) is -5.23. The standard InChI is InChI=1S/C7H4ClF3N2O5S/c1-3-6(13(14)15)4(18-7(9,10)11)2-5(12-3)19(8,16)17/h2H,1H3. The maximum absolute atomic E-state index is 12.1. The Morgan fingerprint density at radius 3 is 2.37 bits per heavy atom. The van der Waals surface area contributed by atoms with Crippen molar-refractivity contribution in [2.45, 2.75) is 18.3 Å². The third-order valence-corrected chi connectivity index (χ3v) is 2.95. The largest absolute Gasteiger partial charge is 0.573 e. The van der Waals surface area contributed by atoms with Gasteiger partial charge in [0, 0.05) is 16.7 Å². The van der Waals surface area contributed by atoms with Crippen molar-refractivity contribution in [2.24, 2.45) is 0 Å². The average Bonchev–Trinajstić information content (AvgIpc) is 2.11. The molecule has 0 amide bonds. The van der Waals surface area contributed by atoms with Gasteiger partial charge in [0.2, 0.25) is 5.75 Å². The first-order chi connectivity index (χ1) is 8.42. The van der Waals surface area contributed by atoms with E-state index in [1.54, 1.807) is 0 Å². The number of halogens is 4. The molecule has 0 spiro atoms. The monoisotopic (exact) mass is 320 g/mol. The molecule has 19 heavy (non-hydrogen) atoms. The summed E-state index contributed by atoms with van der Waals surface area (Å²) < 4.78 is 61.7. The minimum Gasteiger partial charge on any atom is -0.398 e. The molecule has 1 aromatic heterocycles. The van der Waals surface area contributed by atoms with Gasteiger partial charge in [0.1, 0.15) is 5.69 Å². The lowest BCUT2D eigenvalue weighted by Gasteiger charge is -2.10. The Kier molecular flexibility index (Phi) is 3.91. The first-order valence-corrected chi connectivity index (χ1v) is 6.59. The Morgan fingerprint density at radius 1 is 1.47 bits per heavy atom. The molecule has 1 rings (SSSR count). The second kappa shape index (κ2) is 4.81. The van der Waals surface area contributed by atoms with Gasteiger partial charge in [0.05, 0.1) is 4.92 Å². The van der Waals surface area contributed by atoms with Gasteiger partial charge in [-0.05, 0) is 6.92 Å². The molecule has 0 N–H and O–H groups in total. The van der Waals surface area contributed by atoms with Gasteiger partial charge in [-0.1, -0.05) is 0 Å². The van der Waals surface area contributed by atoms with Gasteiger partial charge in [-0.25, -0.2) is 13.4 Å². The molecule has 0 fully saturated rings. The van der Waals surface area contributed by atoms with Crippen LogP contribution in [0, 0.1) is 17.0 Å². The van der Waals surface area contributed by atoms with Gasteiger partial charge in [-0.3, -0.25) is 10.1 Å². The molecule has 0 unspecified atom stereocenters. The minimum absolute atomic E-state index is 0.237. The molecule has 12 heteroatoms. The molecule has 0 aromatic carbocycles. The number of rotatable bonds is 3. The summed E-state index contributed by atoms with van der Waals surface area (Å²) in [4.78, 5) is 12.7. The van der Waals surface area contributed by atoms with E-state index in [-0.39, 0.29) is 6.07 Å². The van der Waals surface area contributed by atoms with E-state index in [1.807, 2.05) is 0 Å². The Balaban J connectivity index is 3.55. The number of pyridine rings is 1. The average molecular weight is 321 g/mol. The Labute approximate surface area is 108 Å². The molecule has 106 valence electrons. The van der Waals surface area contributed by atoms with Gasteiger partial charge in [-0.2, -0.15) is 0 Å². The van der Waals surface area contributed by atoms with Crippen molar-refractivity contribution >= 4 is 25.4 Å². The summed E-state index contributed by atoms with van der Waals surface area (Å²) in [7, 11) is 0.454. The van der Waals surface area contributed by atoms with Gasteiger partial charge in [0.15, 0.2) is 5.03 Å². The van der Waals surface area contributed by atoms with Crippen molar-refractivity contribution in [3.05, 3.63) is 21.9 Å². The zero-order valence-corrected chi connectivity index (χ0v) is 10.5. The summed E-state index contributed by atoms with van der Waals surface area (Å²) in [6.45, 7) is 0.951. The van der Waals surface area contributed by atoms with Crippen molar-refractivity contribution in [1.29, 1.82) is 0 Å². The van der Waals surface area contributed by atoms with Crippen molar-refractivity contribution in [2.75, 3.05) is 0 Å². The lowest BCUT2D eigenvalue weighted by Crippen LogP contribution is -2.19. The van der Waals surface area contributed by atoms with E-state index in [0.717, 1.165) is 6.92 Å². The van der Waals surface area contributed by atoms with E-state index in [0.29, 0.717) is 0 Å².